The van der Waals surface area contributed by atoms with Crippen LogP contribution >= 0.6 is 31.9 Å². The van der Waals surface area contributed by atoms with Crippen molar-refractivity contribution in [1.82, 2.24) is 5.32 Å². The molecule has 172 valence electrons. The van der Waals surface area contributed by atoms with Gasteiger partial charge in [-0.1, -0.05) is 47.5 Å². The fraction of sp³-hybridized carbons (Fsp3) is 0.115. The Hall–Kier alpha value is -3.23. The molecule has 0 saturated carbocycles. The summed E-state index contributed by atoms with van der Waals surface area (Å²) in [5.74, 6) is -0.839. The van der Waals surface area contributed by atoms with Crippen LogP contribution in [0.25, 0.3) is 6.08 Å². The number of rotatable bonds is 5. The van der Waals surface area contributed by atoms with Crippen molar-refractivity contribution in [2.45, 2.75) is 20.5 Å². The minimum atomic E-state index is -0.779. The Kier molecular flexibility index (Phi) is 7.00. The van der Waals surface area contributed by atoms with Crippen LogP contribution in [0, 0.1) is 13.8 Å². The molecule has 0 aliphatic carbocycles. The molecule has 0 bridgehead atoms. The predicted molar refractivity (Wildman–Crippen MR) is 138 cm³/mol. The zero-order chi connectivity index (χ0) is 24.4. The van der Waals surface area contributed by atoms with E-state index >= 15 is 0 Å². The van der Waals surface area contributed by atoms with Crippen LogP contribution in [0.3, 0.4) is 0 Å². The lowest BCUT2D eigenvalue weighted by Crippen LogP contribution is -2.54. The van der Waals surface area contributed by atoms with E-state index in [1.54, 1.807) is 36.4 Å². The first-order chi connectivity index (χ1) is 16.2. The molecule has 4 rings (SSSR count). The molecule has 3 aromatic rings. The number of anilines is 1. The summed E-state index contributed by atoms with van der Waals surface area (Å²) in [7, 11) is 0. The minimum absolute atomic E-state index is 0.146. The first-order valence-corrected chi connectivity index (χ1v) is 12.0. The fourth-order valence-corrected chi connectivity index (χ4v) is 4.84. The Morgan fingerprint density at radius 1 is 0.882 bits per heavy atom. The van der Waals surface area contributed by atoms with Gasteiger partial charge < -0.3 is 4.74 Å². The molecular weight excluding hydrogens is 564 g/mol. The second-order valence-corrected chi connectivity index (χ2v) is 9.59. The Morgan fingerprint density at radius 3 is 2.03 bits per heavy atom. The van der Waals surface area contributed by atoms with Gasteiger partial charge in [-0.2, -0.15) is 0 Å². The zero-order valence-corrected chi connectivity index (χ0v) is 21.6. The SMILES string of the molecule is Cc1ccc(COc2c(Br)cc(/C=C3\C(=O)NC(=O)N(c4ccc(C)cc4)C3=O)cc2Br)cc1. The van der Waals surface area contributed by atoms with Gasteiger partial charge in [0.1, 0.15) is 17.9 Å². The van der Waals surface area contributed by atoms with Gasteiger partial charge in [-0.3, -0.25) is 14.9 Å². The van der Waals surface area contributed by atoms with E-state index in [4.69, 9.17) is 4.74 Å². The monoisotopic (exact) mass is 582 g/mol. The van der Waals surface area contributed by atoms with Crippen molar-refractivity contribution >= 4 is 61.5 Å². The number of halogens is 2. The van der Waals surface area contributed by atoms with Crippen molar-refractivity contribution in [2.75, 3.05) is 4.90 Å². The summed E-state index contributed by atoms with van der Waals surface area (Å²) in [6.07, 6.45) is 1.45. The number of nitrogens with zero attached hydrogens (tertiary/aromatic N) is 1. The van der Waals surface area contributed by atoms with Gasteiger partial charge in [0.05, 0.1) is 14.6 Å². The van der Waals surface area contributed by atoms with E-state index < -0.39 is 17.8 Å². The molecule has 1 N–H and O–H groups in total. The molecule has 4 amide bonds. The molecule has 0 spiro atoms. The first-order valence-electron chi connectivity index (χ1n) is 10.4. The summed E-state index contributed by atoms with van der Waals surface area (Å²) >= 11 is 7.02. The van der Waals surface area contributed by atoms with Gasteiger partial charge in [0, 0.05) is 0 Å². The minimum Gasteiger partial charge on any atom is -0.487 e. The van der Waals surface area contributed by atoms with E-state index in [-0.39, 0.29) is 5.57 Å². The average molecular weight is 584 g/mol. The lowest BCUT2D eigenvalue weighted by Gasteiger charge is -2.26. The average Bonchev–Trinajstić information content (AvgIpc) is 2.78. The largest absolute Gasteiger partial charge is 0.487 e. The highest BCUT2D eigenvalue weighted by atomic mass is 79.9. The number of ether oxygens (including phenoxy) is 1. The molecule has 3 aromatic carbocycles. The van der Waals surface area contributed by atoms with Crippen LogP contribution in [-0.2, 0) is 16.2 Å². The third-order valence-corrected chi connectivity index (χ3v) is 6.41. The van der Waals surface area contributed by atoms with Crippen molar-refractivity contribution in [3.8, 4) is 5.75 Å². The number of benzene rings is 3. The second kappa shape index (κ2) is 9.95. The third-order valence-electron chi connectivity index (χ3n) is 5.23. The molecule has 1 fully saturated rings. The number of imide groups is 2. The maximum atomic E-state index is 13.1. The topological polar surface area (TPSA) is 75.7 Å². The quantitative estimate of drug-likeness (QED) is 0.292. The lowest BCUT2D eigenvalue weighted by atomic mass is 10.1. The van der Waals surface area contributed by atoms with Gasteiger partial charge in [0.25, 0.3) is 11.8 Å². The van der Waals surface area contributed by atoms with Crippen LogP contribution in [0.4, 0.5) is 10.5 Å². The van der Waals surface area contributed by atoms with Crippen molar-refractivity contribution in [2.24, 2.45) is 0 Å². The fourth-order valence-electron chi connectivity index (χ4n) is 3.39. The summed E-state index contributed by atoms with van der Waals surface area (Å²) in [4.78, 5) is 38.9. The highest BCUT2D eigenvalue weighted by molar-refractivity contribution is 9.11. The van der Waals surface area contributed by atoms with Crippen LogP contribution < -0.4 is 15.0 Å². The molecule has 1 aliphatic heterocycles. The highest BCUT2D eigenvalue weighted by Crippen LogP contribution is 2.36. The number of carbonyl (C=O) groups excluding carboxylic acids is 3. The summed E-state index contributed by atoms with van der Waals surface area (Å²) in [6.45, 7) is 4.31. The zero-order valence-electron chi connectivity index (χ0n) is 18.4. The van der Waals surface area contributed by atoms with Gasteiger partial charge >= 0.3 is 6.03 Å². The molecular formula is C26H20Br2N2O4. The van der Waals surface area contributed by atoms with Gasteiger partial charge in [-0.15, -0.1) is 0 Å². The van der Waals surface area contributed by atoms with Gasteiger partial charge in [-0.25, -0.2) is 9.69 Å². The van der Waals surface area contributed by atoms with Crippen LogP contribution in [0.5, 0.6) is 5.75 Å². The Bertz CT molecular complexity index is 1290. The van der Waals surface area contributed by atoms with Crippen molar-refractivity contribution in [1.29, 1.82) is 0 Å². The van der Waals surface area contributed by atoms with Crippen LogP contribution in [0.2, 0.25) is 0 Å². The lowest BCUT2D eigenvalue weighted by molar-refractivity contribution is -0.122. The number of hydrogen-bond donors (Lipinski definition) is 1. The van der Waals surface area contributed by atoms with E-state index in [0.717, 1.165) is 16.0 Å². The van der Waals surface area contributed by atoms with Crippen molar-refractivity contribution in [3.63, 3.8) is 0 Å². The van der Waals surface area contributed by atoms with Gasteiger partial charge in [0.15, 0.2) is 0 Å². The Morgan fingerprint density at radius 2 is 1.44 bits per heavy atom. The summed E-state index contributed by atoms with van der Waals surface area (Å²) in [6, 6.07) is 17.7. The van der Waals surface area contributed by atoms with Crippen LogP contribution in [0.1, 0.15) is 22.3 Å². The molecule has 0 radical (unpaired) electrons. The van der Waals surface area contributed by atoms with Gasteiger partial charge in [0.2, 0.25) is 0 Å². The Balaban J connectivity index is 1.60. The smallest absolute Gasteiger partial charge is 0.335 e. The second-order valence-electron chi connectivity index (χ2n) is 7.88. The van der Waals surface area contributed by atoms with Crippen molar-refractivity contribution < 1.29 is 19.1 Å². The van der Waals surface area contributed by atoms with Gasteiger partial charge in [-0.05, 0) is 87.2 Å². The number of amides is 4. The molecule has 8 heteroatoms. The van der Waals surface area contributed by atoms with Crippen LogP contribution in [0.15, 0.2) is 75.2 Å². The normalized spacial score (nSPS) is 15.0. The molecule has 0 atom stereocenters. The van der Waals surface area contributed by atoms with E-state index in [1.165, 1.54) is 11.6 Å². The number of aryl methyl sites for hydroxylation is 2. The molecule has 1 aliphatic rings. The van der Waals surface area contributed by atoms with E-state index in [9.17, 15) is 14.4 Å². The molecule has 6 nitrogen and oxygen atoms in total. The summed E-state index contributed by atoms with van der Waals surface area (Å²) in [5, 5.41) is 2.24. The first kappa shape index (κ1) is 23.9. The highest BCUT2D eigenvalue weighted by Gasteiger charge is 2.36. The molecule has 1 saturated heterocycles. The van der Waals surface area contributed by atoms with E-state index in [0.29, 0.717) is 32.6 Å². The molecule has 0 aromatic heterocycles. The summed E-state index contributed by atoms with van der Waals surface area (Å²) in [5.41, 5.74) is 4.01. The molecule has 0 unspecified atom stereocenters. The van der Waals surface area contributed by atoms with E-state index in [2.05, 4.69) is 37.2 Å². The third kappa shape index (κ3) is 5.13. The predicted octanol–water partition coefficient (Wildman–Crippen LogP) is 6.07. The number of carbonyl (C=O) groups is 3. The standard InChI is InChI=1S/C26H20Br2N2O4/c1-15-3-7-17(8-4-15)14-34-23-21(27)12-18(13-22(23)28)11-20-24(31)29-26(33)30(25(20)32)19-9-5-16(2)6-10-19/h3-13H,14H2,1-2H3,(H,29,31,33)/b20-11+. The molecule has 1 heterocycles. The maximum absolute atomic E-state index is 13.1. The number of barbiturate groups is 1. The van der Waals surface area contributed by atoms with Crippen LogP contribution in [-0.4, -0.2) is 17.8 Å². The number of hydrogen-bond acceptors (Lipinski definition) is 4. The molecule has 34 heavy (non-hydrogen) atoms. The number of urea groups is 1. The maximum Gasteiger partial charge on any atom is 0.335 e. The number of nitrogens with one attached hydrogen (secondary N) is 1. The van der Waals surface area contributed by atoms with Crippen molar-refractivity contribution in [3.05, 3.63) is 97.4 Å². The Labute approximate surface area is 213 Å². The summed E-state index contributed by atoms with van der Waals surface area (Å²) < 4.78 is 7.26. The van der Waals surface area contributed by atoms with E-state index in [1.807, 2.05) is 38.1 Å².